The molecule has 0 bridgehead atoms. The summed E-state index contributed by atoms with van der Waals surface area (Å²) < 4.78 is 57.2. The number of carbonyl (C=O) groups excluding carboxylic acids is 3. The summed E-state index contributed by atoms with van der Waals surface area (Å²) in [5, 5.41) is 1.77. The van der Waals surface area contributed by atoms with Gasteiger partial charge in [0, 0.05) is 31.7 Å². The van der Waals surface area contributed by atoms with Crippen molar-refractivity contribution in [3.8, 4) is 0 Å². The molecule has 37 heavy (non-hydrogen) atoms. The van der Waals surface area contributed by atoms with Crippen molar-refractivity contribution in [2.45, 2.75) is 56.9 Å². The van der Waals surface area contributed by atoms with Gasteiger partial charge in [-0.25, -0.2) is 8.96 Å². The molecule has 14 heteroatoms. The first kappa shape index (κ1) is 27.8. The molecule has 1 amide bonds. The number of hydrogen-bond donors (Lipinski definition) is 0. The van der Waals surface area contributed by atoms with Crippen molar-refractivity contribution < 1.29 is 46.5 Å². The van der Waals surface area contributed by atoms with Gasteiger partial charge in [-0.3, -0.25) is 28.3 Å². The summed E-state index contributed by atoms with van der Waals surface area (Å²) in [5.41, 5.74) is -1.74. The zero-order valence-corrected chi connectivity index (χ0v) is 22.0. The molecule has 0 aliphatic carbocycles. The number of rotatable bonds is 6. The van der Waals surface area contributed by atoms with Gasteiger partial charge in [0.1, 0.15) is 6.10 Å². The standard InChI is InChI=1S/C23H27ClFN2O9P/c1-14(28)33-21-19(34-22(23(21,2)25)27-10-7-17(29)12-20(27)30)13-32-37(31)35-18(8-9-26(3)36-37)15-5-4-6-16(24)11-15/h4-7,10-11,18-19,21-22H,8-9,12-13H2,1-3H3/t18?,19-,21-,22-,23-,37?/m1/s1. The van der Waals surface area contributed by atoms with E-state index in [9.17, 15) is 18.9 Å². The number of esters is 1. The summed E-state index contributed by atoms with van der Waals surface area (Å²) >= 11 is 6.09. The average Bonchev–Trinajstić information content (AvgIpc) is 2.94. The maximum Gasteiger partial charge on any atom is 0.492 e. The molecule has 6 atom stereocenters. The third-order valence-corrected chi connectivity index (χ3v) is 7.77. The highest BCUT2D eigenvalue weighted by Crippen LogP contribution is 2.56. The number of amides is 1. The van der Waals surface area contributed by atoms with Crippen molar-refractivity contribution in [2.24, 2.45) is 0 Å². The van der Waals surface area contributed by atoms with Crippen molar-refractivity contribution in [3.05, 3.63) is 47.1 Å². The van der Waals surface area contributed by atoms with Crippen LogP contribution in [0.1, 0.15) is 38.4 Å². The number of ether oxygens (including phenoxy) is 2. The van der Waals surface area contributed by atoms with Crippen LogP contribution in [0.15, 0.2) is 36.5 Å². The quantitative estimate of drug-likeness (QED) is 0.290. The molecule has 1 aromatic carbocycles. The first-order valence-electron chi connectivity index (χ1n) is 11.5. The number of allylic oxidation sites excluding steroid dienone is 1. The van der Waals surface area contributed by atoms with Crippen LogP contribution in [-0.2, 0) is 42.1 Å². The summed E-state index contributed by atoms with van der Waals surface area (Å²) in [5.74, 6) is -1.91. The highest BCUT2D eigenvalue weighted by molar-refractivity contribution is 7.48. The summed E-state index contributed by atoms with van der Waals surface area (Å²) in [6, 6.07) is 6.85. The van der Waals surface area contributed by atoms with E-state index in [1.807, 2.05) is 0 Å². The molecular formula is C23H27ClFN2O9P. The van der Waals surface area contributed by atoms with Crippen molar-refractivity contribution in [1.29, 1.82) is 0 Å². The second kappa shape index (κ2) is 10.9. The normalized spacial score (nSPS) is 35.0. The van der Waals surface area contributed by atoms with Gasteiger partial charge in [0.05, 0.1) is 19.1 Å². The second-order valence-corrected chi connectivity index (χ2v) is 11.0. The molecule has 0 saturated carbocycles. The number of halogens is 2. The van der Waals surface area contributed by atoms with Gasteiger partial charge < -0.3 is 9.47 Å². The zero-order valence-electron chi connectivity index (χ0n) is 20.4. The lowest BCUT2D eigenvalue weighted by atomic mass is 9.97. The number of nitrogens with zero attached hydrogens (tertiary/aromatic N) is 2. The fourth-order valence-electron chi connectivity index (χ4n) is 4.35. The number of phosphoric ester groups is 1. The Morgan fingerprint density at radius 1 is 1.35 bits per heavy atom. The smallest absolute Gasteiger partial charge is 0.456 e. The Balaban J connectivity index is 1.54. The fourth-order valence-corrected chi connectivity index (χ4v) is 5.99. The molecule has 3 heterocycles. The minimum absolute atomic E-state index is 0.354. The number of carbonyl (C=O) groups is 3. The minimum atomic E-state index is -4.28. The van der Waals surface area contributed by atoms with Crippen molar-refractivity contribution in [1.82, 2.24) is 9.96 Å². The molecule has 4 rings (SSSR count). The topological polar surface area (TPSA) is 121 Å². The van der Waals surface area contributed by atoms with Crippen LogP contribution in [0.4, 0.5) is 4.39 Å². The lowest BCUT2D eigenvalue weighted by molar-refractivity contribution is -0.156. The van der Waals surface area contributed by atoms with E-state index >= 15 is 4.39 Å². The van der Waals surface area contributed by atoms with Gasteiger partial charge in [0.15, 0.2) is 23.8 Å². The Labute approximate surface area is 217 Å². The molecule has 1 aromatic rings. The van der Waals surface area contributed by atoms with Crippen LogP contribution in [-0.4, -0.2) is 71.9 Å². The van der Waals surface area contributed by atoms with E-state index in [4.69, 9.17) is 34.7 Å². The van der Waals surface area contributed by atoms with Crippen LogP contribution < -0.4 is 0 Å². The van der Waals surface area contributed by atoms with E-state index in [-0.39, 0.29) is 0 Å². The van der Waals surface area contributed by atoms with Crippen LogP contribution in [0.2, 0.25) is 5.02 Å². The van der Waals surface area contributed by atoms with Crippen LogP contribution in [0.5, 0.6) is 0 Å². The molecule has 0 N–H and O–H groups in total. The average molecular weight is 561 g/mol. The number of benzene rings is 1. The molecule has 11 nitrogen and oxygen atoms in total. The highest BCUT2D eigenvalue weighted by Gasteiger charge is 2.60. The van der Waals surface area contributed by atoms with Crippen molar-refractivity contribution >= 4 is 37.1 Å². The summed E-state index contributed by atoms with van der Waals surface area (Å²) in [4.78, 5) is 36.7. The molecule has 2 fully saturated rings. The van der Waals surface area contributed by atoms with E-state index in [1.165, 1.54) is 5.06 Å². The summed E-state index contributed by atoms with van der Waals surface area (Å²) in [6.45, 7) is 1.99. The van der Waals surface area contributed by atoms with Crippen molar-refractivity contribution in [3.63, 3.8) is 0 Å². The van der Waals surface area contributed by atoms with E-state index < -0.39 is 68.7 Å². The number of ketones is 1. The van der Waals surface area contributed by atoms with Gasteiger partial charge in [0.25, 0.3) is 0 Å². The fraction of sp³-hybridized carbons (Fsp3) is 0.522. The Morgan fingerprint density at radius 3 is 2.78 bits per heavy atom. The van der Waals surface area contributed by atoms with Crippen LogP contribution in [0.3, 0.4) is 0 Å². The monoisotopic (exact) mass is 560 g/mol. The van der Waals surface area contributed by atoms with E-state index in [2.05, 4.69) is 0 Å². The molecule has 3 aliphatic rings. The van der Waals surface area contributed by atoms with Gasteiger partial charge >= 0.3 is 13.8 Å². The lowest BCUT2D eigenvalue weighted by Gasteiger charge is -2.33. The molecule has 0 spiro atoms. The highest BCUT2D eigenvalue weighted by atomic mass is 35.5. The molecule has 2 saturated heterocycles. The third kappa shape index (κ3) is 6.28. The van der Waals surface area contributed by atoms with E-state index in [0.29, 0.717) is 23.6 Å². The second-order valence-electron chi connectivity index (χ2n) is 9.08. The Bertz CT molecular complexity index is 1150. The molecule has 3 aliphatic heterocycles. The predicted octanol–water partition coefficient (Wildman–Crippen LogP) is 3.49. The van der Waals surface area contributed by atoms with Gasteiger partial charge in [-0.15, -0.1) is 0 Å². The van der Waals surface area contributed by atoms with E-state index in [1.54, 1.807) is 31.3 Å². The molecule has 202 valence electrons. The van der Waals surface area contributed by atoms with Crippen LogP contribution in [0.25, 0.3) is 0 Å². The molecule has 0 radical (unpaired) electrons. The molecular weight excluding hydrogens is 534 g/mol. The molecule has 0 aromatic heterocycles. The van der Waals surface area contributed by atoms with Gasteiger partial charge in [0.2, 0.25) is 5.91 Å². The number of hydroxylamine groups is 2. The largest absolute Gasteiger partial charge is 0.492 e. The van der Waals surface area contributed by atoms with Gasteiger partial charge in [-0.05, 0) is 37.1 Å². The Kier molecular flexibility index (Phi) is 8.20. The number of phosphoric acid groups is 1. The van der Waals surface area contributed by atoms with E-state index in [0.717, 1.165) is 31.0 Å². The van der Waals surface area contributed by atoms with Crippen LogP contribution in [0, 0.1) is 0 Å². The minimum Gasteiger partial charge on any atom is -0.456 e. The molecule has 2 unspecified atom stereocenters. The first-order valence-corrected chi connectivity index (χ1v) is 13.3. The van der Waals surface area contributed by atoms with Gasteiger partial charge in [-0.1, -0.05) is 23.7 Å². The summed E-state index contributed by atoms with van der Waals surface area (Å²) in [6.07, 6.45) is -2.85. The number of alkyl halides is 1. The number of hydrogen-bond acceptors (Lipinski definition) is 10. The third-order valence-electron chi connectivity index (χ3n) is 6.08. The Morgan fingerprint density at radius 2 is 2.11 bits per heavy atom. The van der Waals surface area contributed by atoms with Gasteiger partial charge in [-0.2, -0.15) is 9.69 Å². The maximum absolute atomic E-state index is 16.0. The van der Waals surface area contributed by atoms with Crippen molar-refractivity contribution in [2.75, 3.05) is 20.2 Å². The first-order chi connectivity index (χ1) is 17.4. The van der Waals surface area contributed by atoms with Crippen LogP contribution >= 0.6 is 19.4 Å². The SMILES string of the molecule is CC(=O)O[C@@H]1[C@@H](COP2(=O)OC(c3cccc(Cl)c3)CCN(C)O2)O[C@@H](N2C=CC(=O)CC2=O)[C@]1(C)F. The lowest BCUT2D eigenvalue weighted by Crippen LogP contribution is -2.52. The summed E-state index contributed by atoms with van der Waals surface area (Å²) in [7, 11) is -2.72. The maximum atomic E-state index is 16.0. The Hall–Kier alpha value is -2.18. The predicted molar refractivity (Wildman–Crippen MR) is 127 cm³/mol. The zero-order chi connectivity index (χ0) is 27.0.